The molecule has 1 unspecified atom stereocenters. The number of amides is 4. The first-order chi connectivity index (χ1) is 57.8. The normalized spacial score (nSPS) is 26.7. The number of nitrogens with zero attached hydrogens (tertiary/aromatic N) is 5. The number of halogens is 7. The summed E-state index contributed by atoms with van der Waals surface area (Å²) in [6.07, 6.45) is 12.4. The third-order valence-electron chi connectivity index (χ3n) is 24.2. The zero-order valence-corrected chi connectivity index (χ0v) is 67.9. The van der Waals surface area contributed by atoms with Crippen molar-refractivity contribution in [2.45, 2.75) is 177 Å². The van der Waals surface area contributed by atoms with Crippen LogP contribution < -0.4 is 73.2 Å². The molecule has 0 saturated heterocycles. The number of hydrogen-bond acceptors (Lipinski definition) is 21. The number of Topliss-reactive ketones (excluding diaryl/α,β-unsaturated/α-hetero) is 4. The smallest absolute Gasteiger partial charge is 0.486 e. The Morgan fingerprint density at radius 3 is 1.40 bits per heavy atom. The van der Waals surface area contributed by atoms with Crippen LogP contribution in [0.5, 0.6) is 57.5 Å². The lowest BCUT2D eigenvalue weighted by atomic mass is 9.38. The van der Waals surface area contributed by atoms with E-state index in [1.807, 2.05) is 68.2 Å². The number of pyridine rings is 3. The number of hydrogen-bond donors (Lipinski definition) is 4. The zero-order chi connectivity index (χ0) is 86.2. The molecule has 12 aliphatic carbocycles. The monoisotopic (exact) mass is 1710 g/mol. The largest absolute Gasteiger partial charge is 0.586 e. The van der Waals surface area contributed by atoms with Crippen LogP contribution in [0.15, 0.2) is 146 Å². The Hall–Kier alpha value is -12.0. The summed E-state index contributed by atoms with van der Waals surface area (Å²) in [7, 11) is 3.67. The van der Waals surface area contributed by atoms with Gasteiger partial charge in [0, 0.05) is 105 Å². The molecule has 7 heterocycles. The van der Waals surface area contributed by atoms with Gasteiger partial charge in [-0.15, -0.1) is 17.6 Å². The fourth-order valence-electron chi connectivity index (χ4n) is 19.8. The van der Waals surface area contributed by atoms with E-state index in [9.17, 15) is 64.7 Å². The van der Waals surface area contributed by atoms with Gasteiger partial charge in [-0.25, -0.2) is 8.96 Å². The maximum Gasteiger partial charge on any atom is 0.586 e. The predicted octanol–water partition coefficient (Wildman–Crippen LogP) is 12.8. The van der Waals surface area contributed by atoms with E-state index in [2.05, 4.69) is 55.3 Å². The van der Waals surface area contributed by atoms with E-state index in [0.717, 1.165) is 113 Å². The first-order valence-electron chi connectivity index (χ1n) is 40.0. The predicted molar refractivity (Wildman–Crippen MR) is 418 cm³/mol. The van der Waals surface area contributed by atoms with Gasteiger partial charge >= 0.3 is 18.6 Å². The van der Waals surface area contributed by atoms with Crippen molar-refractivity contribution in [3.05, 3.63) is 191 Å². The zero-order valence-electron chi connectivity index (χ0n) is 67.1. The second-order valence-corrected chi connectivity index (χ2v) is 35.1. The van der Waals surface area contributed by atoms with Gasteiger partial charge in [0.2, 0.25) is 0 Å². The highest BCUT2D eigenvalue weighted by Gasteiger charge is 2.71. The molecule has 4 aromatic heterocycles. The van der Waals surface area contributed by atoms with Crippen LogP contribution in [0.1, 0.15) is 177 Å². The van der Waals surface area contributed by atoms with Crippen molar-refractivity contribution in [2.75, 3.05) is 26.4 Å². The number of rotatable bonds is 30. The SMILES string of the molecule is CC1(F)Oc2ccc(OCC(=O)CC34CC(NC(=O)c5ccccn5)(C3)C4)cc2O1.CCc1cc(C(=O)CC23CC(NC(=O)COc4ccc5c(c4)OC(F)(F)O5)(C2)C3)n(C)n1.CCc1ccnc(C(=O)CC23CC(NC(=O)COc4ccc5c(c4)OC(F)(F)O5)(C2)C3)c1.C[n+]1cccc(C(=O)CC23CC(NC(=O)COc4ccc(Cl)c(F)c4)(C2)C3)c1. The number of benzene rings is 4. The van der Waals surface area contributed by atoms with Crippen LogP contribution in [0.2, 0.25) is 5.02 Å². The molecule has 3 aliphatic heterocycles. The second-order valence-electron chi connectivity index (χ2n) is 34.7. The Kier molecular flexibility index (Phi) is 21.6. The number of aryl methyl sites for hydroxylation is 4. The van der Waals surface area contributed by atoms with Crippen molar-refractivity contribution < 1.29 is 117 Å². The standard InChI is InChI=1S/C23H22F2N2O5.C22H23F2N3O5.C22H21FN2O5.C21H20ClFN2O3/c1-2-14-5-6-26-16(7-14)17(28)9-21-11-22(12-21,13-21)27-20(29)10-30-15-3-4-18-19(8-15)32-23(24,25)31-18;1-3-13-6-15(27(2)26-13)16(28)8-20-10-21(11-20,12-20)25-19(29)9-30-14-4-5-17-18(7-14)32-22(23,24)31-17;1-20(23)29-17-6-5-15(8-18(17)30-20)28-10-14(26)9-21-11-22(12-21,13-21)25-19(27)16-4-2-3-7-24-16;1-25-6-2-3-14(9-25)18(26)8-20-11-21(12-20,13-20)24-19(27)10-28-15-4-5-16(22)17(23)7-15/h3-8H,2,9-13H2,1H3,(H,27,29);4-7H,3,8-12H2,1-2H3,(H,25,29);2-8H,9-13H2,1H3,(H,25,27);2-7,9H,8,10-13H2,1H3/p+1. The van der Waals surface area contributed by atoms with E-state index in [1.165, 1.54) is 61.5 Å². The summed E-state index contributed by atoms with van der Waals surface area (Å²) in [5.74, 6) is -0.141. The van der Waals surface area contributed by atoms with Crippen molar-refractivity contribution in [3.8, 4) is 57.5 Å². The Morgan fingerprint density at radius 2 is 0.918 bits per heavy atom. The van der Waals surface area contributed by atoms with Gasteiger partial charge in [0.1, 0.15) is 59.6 Å². The molecule has 0 radical (unpaired) electrons. The van der Waals surface area contributed by atoms with E-state index in [1.54, 1.807) is 54.5 Å². The molecule has 27 nitrogen and oxygen atoms in total. The number of carbonyl (C=O) groups is 8. The summed E-state index contributed by atoms with van der Waals surface area (Å²) in [5.41, 5.74) is 3.11. The Labute approximate surface area is 700 Å². The second kappa shape index (κ2) is 31.5. The number of alkyl halides is 5. The van der Waals surface area contributed by atoms with Crippen LogP contribution >= 0.6 is 11.6 Å². The molecule has 1 atom stereocenters. The molecule has 12 saturated carbocycles. The number of carbonyl (C=O) groups excluding carboxylic acids is 8. The molecular formula is C88H87ClF6N9O18+. The maximum absolute atomic E-state index is 13.7. The van der Waals surface area contributed by atoms with E-state index >= 15 is 0 Å². The summed E-state index contributed by atoms with van der Waals surface area (Å²) in [6.45, 7) is 4.45. The quantitative estimate of drug-likeness (QED) is 0.0185. The minimum atomic E-state index is -3.70. The van der Waals surface area contributed by atoms with Crippen LogP contribution in [0.3, 0.4) is 0 Å². The molecule has 4 amide bonds. The van der Waals surface area contributed by atoms with Crippen LogP contribution in [-0.4, -0.2) is 134 Å². The lowest BCUT2D eigenvalue weighted by Gasteiger charge is -2.70. The van der Waals surface area contributed by atoms with Crippen LogP contribution in [0.25, 0.3) is 0 Å². The molecular weight excluding hydrogens is 1620 g/mol. The van der Waals surface area contributed by atoms with Crippen molar-refractivity contribution in [2.24, 2.45) is 35.8 Å². The molecule has 12 fully saturated rings. The molecule has 122 heavy (non-hydrogen) atoms. The Morgan fingerprint density at radius 1 is 0.475 bits per heavy atom. The highest BCUT2D eigenvalue weighted by molar-refractivity contribution is 6.30. The summed E-state index contributed by atoms with van der Waals surface area (Å²) in [5, 5.41) is 16.4. The first-order valence-corrected chi connectivity index (χ1v) is 40.4. The summed E-state index contributed by atoms with van der Waals surface area (Å²) < 4.78 is 132. The Balaban J connectivity index is 0.000000121. The van der Waals surface area contributed by atoms with E-state index in [4.69, 9.17) is 40.0 Å². The van der Waals surface area contributed by atoms with Crippen LogP contribution in [-0.2, 0) is 46.1 Å². The fraction of sp³-hybridized carbons (Fsp3) is 0.432. The van der Waals surface area contributed by atoms with Crippen molar-refractivity contribution in [3.63, 3.8) is 0 Å². The molecule has 640 valence electrons. The molecule has 23 rings (SSSR count). The molecule has 4 aromatic carbocycles. The molecule has 8 bridgehead atoms. The average molecular weight is 1710 g/mol. The van der Waals surface area contributed by atoms with Gasteiger partial charge < -0.3 is 68.6 Å². The van der Waals surface area contributed by atoms with Gasteiger partial charge in [-0.2, -0.15) is 9.49 Å². The number of ketones is 4. The van der Waals surface area contributed by atoms with Gasteiger partial charge in [0.25, 0.3) is 23.6 Å². The highest BCUT2D eigenvalue weighted by atomic mass is 35.5. The third-order valence-corrected chi connectivity index (χ3v) is 24.5. The van der Waals surface area contributed by atoms with Gasteiger partial charge in [0.15, 0.2) is 89.8 Å². The lowest BCUT2D eigenvalue weighted by molar-refractivity contribution is -0.671. The number of fused-ring (bicyclic) bond motifs is 3. The van der Waals surface area contributed by atoms with Gasteiger partial charge in [-0.3, -0.25) is 53.0 Å². The van der Waals surface area contributed by atoms with Crippen molar-refractivity contribution in [1.29, 1.82) is 0 Å². The van der Waals surface area contributed by atoms with E-state index < -0.39 is 24.4 Å². The summed E-state index contributed by atoms with van der Waals surface area (Å²) in [6, 6.07) is 29.0. The van der Waals surface area contributed by atoms with Crippen LogP contribution in [0.4, 0.5) is 26.3 Å². The molecule has 15 aliphatic rings. The Bertz CT molecular complexity index is 5460. The van der Waals surface area contributed by atoms with Crippen molar-refractivity contribution >= 4 is 58.4 Å². The minimum absolute atomic E-state index is 0.00708. The van der Waals surface area contributed by atoms with Gasteiger partial charge in [-0.05, 0) is 202 Å². The average Bonchev–Trinajstić information content (AvgIpc) is 0.892. The fourth-order valence-corrected chi connectivity index (χ4v) is 19.9. The minimum Gasteiger partial charge on any atom is -0.486 e. The molecule has 4 N–H and O–H groups in total. The number of ether oxygens (including phenoxy) is 10. The maximum atomic E-state index is 13.7. The van der Waals surface area contributed by atoms with Gasteiger partial charge in [0.05, 0.1) is 16.3 Å². The first kappa shape index (κ1) is 83.6. The summed E-state index contributed by atoms with van der Waals surface area (Å²) >= 11 is 5.62. The van der Waals surface area contributed by atoms with Crippen molar-refractivity contribution in [1.82, 2.24) is 41.0 Å². The molecule has 0 spiro atoms. The third kappa shape index (κ3) is 18.0. The molecule has 34 heteroatoms. The number of nitrogens with one attached hydrogen (secondary N) is 4. The molecule has 8 aromatic rings. The van der Waals surface area contributed by atoms with E-state index in [0.29, 0.717) is 54.3 Å². The van der Waals surface area contributed by atoms with Crippen LogP contribution in [0, 0.1) is 27.5 Å². The summed E-state index contributed by atoms with van der Waals surface area (Å²) in [4.78, 5) is 108. The lowest BCUT2D eigenvalue weighted by Crippen LogP contribution is -2.75. The van der Waals surface area contributed by atoms with Gasteiger partial charge in [-0.1, -0.05) is 31.5 Å². The van der Waals surface area contributed by atoms with E-state index in [-0.39, 0.29) is 168 Å². The highest BCUT2D eigenvalue weighted by Crippen LogP contribution is 2.72. The topological polar surface area (TPSA) is 324 Å². The number of aromatic nitrogens is 5.